The molecule has 3 heterocycles. The van der Waals surface area contributed by atoms with Gasteiger partial charge in [-0.25, -0.2) is 4.98 Å². The molecule has 2 aromatic rings. The Labute approximate surface area is 116 Å². The molecule has 5 nitrogen and oxygen atoms in total. The van der Waals surface area contributed by atoms with Crippen LogP contribution >= 0.6 is 11.3 Å². The zero-order chi connectivity index (χ0) is 13.1. The summed E-state index contributed by atoms with van der Waals surface area (Å²) >= 11 is 1.71. The summed E-state index contributed by atoms with van der Waals surface area (Å²) in [7, 11) is 1.76. The van der Waals surface area contributed by atoms with E-state index in [9.17, 15) is 0 Å². The van der Waals surface area contributed by atoms with E-state index in [1.54, 1.807) is 18.4 Å². The van der Waals surface area contributed by atoms with Gasteiger partial charge in [0.25, 0.3) is 0 Å². The molecule has 19 heavy (non-hydrogen) atoms. The number of hydrogen-bond donors (Lipinski definition) is 0. The van der Waals surface area contributed by atoms with Gasteiger partial charge in [0.15, 0.2) is 0 Å². The summed E-state index contributed by atoms with van der Waals surface area (Å²) in [6.07, 6.45) is 3.75. The molecule has 0 amide bonds. The van der Waals surface area contributed by atoms with Gasteiger partial charge in [0.2, 0.25) is 0 Å². The third-order valence-electron chi connectivity index (χ3n) is 3.38. The van der Waals surface area contributed by atoms with Crippen molar-refractivity contribution >= 4 is 11.3 Å². The molecule has 1 aliphatic heterocycles. The average Bonchev–Trinajstić information content (AvgIpc) is 3.00. The van der Waals surface area contributed by atoms with Crippen LogP contribution in [0.4, 0.5) is 0 Å². The van der Waals surface area contributed by atoms with Gasteiger partial charge in [-0.05, 0) is 6.07 Å². The van der Waals surface area contributed by atoms with Gasteiger partial charge in [-0.3, -0.25) is 9.58 Å². The first-order chi connectivity index (χ1) is 9.35. The molecule has 0 saturated heterocycles. The van der Waals surface area contributed by atoms with Gasteiger partial charge in [0.1, 0.15) is 5.01 Å². The Balaban J connectivity index is 1.76. The highest BCUT2D eigenvalue weighted by atomic mass is 32.1. The number of fused-ring (bicyclic) bond motifs is 1. The average molecular weight is 278 g/mol. The summed E-state index contributed by atoms with van der Waals surface area (Å²) in [5.74, 6) is 0.478. The summed E-state index contributed by atoms with van der Waals surface area (Å²) < 4.78 is 7.43. The minimum absolute atomic E-state index is 0.478. The van der Waals surface area contributed by atoms with Crippen LogP contribution in [0.1, 0.15) is 10.7 Å². The normalized spacial score (nSPS) is 20.2. The first-order valence-corrected chi connectivity index (χ1v) is 7.33. The van der Waals surface area contributed by atoms with Gasteiger partial charge in [0, 0.05) is 50.4 Å². The molecule has 0 saturated carbocycles. The molecule has 6 heteroatoms. The van der Waals surface area contributed by atoms with Gasteiger partial charge < -0.3 is 4.74 Å². The Morgan fingerprint density at radius 2 is 2.37 bits per heavy atom. The Bertz CT molecular complexity index is 510. The molecule has 3 rings (SSSR count). The zero-order valence-electron chi connectivity index (χ0n) is 11.0. The van der Waals surface area contributed by atoms with Crippen molar-refractivity contribution in [1.82, 2.24) is 19.7 Å². The number of rotatable bonds is 4. The van der Waals surface area contributed by atoms with Gasteiger partial charge >= 0.3 is 0 Å². The predicted molar refractivity (Wildman–Crippen MR) is 73.8 cm³/mol. The van der Waals surface area contributed by atoms with Crippen LogP contribution in [-0.2, 0) is 24.4 Å². The maximum Gasteiger partial charge on any atom is 0.107 e. The molecule has 0 radical (unpaired) electrons. The minimum Gasteiger partial charge on any atom is -0.384 e. The lowest BCUT2D eigenvalue weighted by Crippen LogP contribution is -2.29. The molecule has 1 atom stereocenters. The topological polar surface area (TPSA) is 43.2 Å². The summed E-state index contributed by atoms with van der Waals surface area (Å²) in [5, 5.41) is 7.60. The lowest BCUT2D eigenvalue weighted by Gasteiger charge is -2.22. The highest BCUT2D eigenvalue weighted by Crippen LogP contribution is 2.19. The second kappa shape index (κ2) is 5.81. The zero-order valence-corrected chi connectivity index (χ0v) is 11.8. The van der Waals surface area contributed by atoms with Crippen molar-refractivity contribution in [3.05, 3.63) is 34.5 Å². The summed E-state index contributed by atoms with van der Waals surface area (Å²) in [4.78, 5) is 6.81. The molecule has 0 aliphatic carbocycles. The number of methoxy groups -OCH3 is 1. The smallest absolute Gasteiger partial charge is 0.107 e. The van der Waals surface area contributed by atoms with Gasteiger partial charge in [0.05, 0.1) is 18.8 Å². The number of hydrogen-bond acceptors (Lipinski definition) is 5. The number of thiazole rings is 1. The maximum absolute atomic E-state index is 5.33. The summed E-state index contributed by atoms with van der Waals surface area (Å²) in [5.41, 5.74) is 1.27. The van der Waals surface area contributed by atoms with E-state index >= 15 is 0 Å². The molecule has 0 N–H and O–H groups in total. The fourth-order valence-electron chi connectivity index (χ4n) is 2.60. The van der Waals surface area contributed by atoms with Crippen LogP contribution < -0.4 is 0 Å². The van der Waals surface area contributed by atoms with E-state index in [-0.39, 0.29) is 0 Å². The van der Waals surface area contributed by atoms with Crippen LogP contribution in [0.25, 0.3) is 0 Å². The monoisotopic (exact) mass is 278 g/mol. The van der Waals surface area contributed by atoms with E-state index in [2.05, 4.69) is 25.7 Å². The minimum atomic E-state index is 0.478. The molecule has 0 spiro atoms. The quantitative estimate of drug-likeness (QED) is 0.852. The number of ether oxygens (including phenoxy) is 1. The van der Waals surface area contributed by atoms with Crippen molar-refractivity contribution in [2.45, 2.75) is 19.6 Å². The van der Waals surface area contributed by atoms with Crippen molar-refractivity contribution in [2.75, 3.05) is 20.3 Å². The fourth-order valence-corrected chi connectivity index (χ4v) is 3.26. The van der Waals surface area contributed by atoms with Crippen LogP contribution in [0.15, 0.2) is 23.8 Å². The Kier molecular flexibility index (Phi) is 3.91. The second-order valence-electron chi connectivity index (χ2n) is 4.92. The number of nitrogens with zero attached hydrogens (tertiary/aromatic N) is 4. The molecule has 0 unspecified atom stereocenters. The SMILES string of the molecule is COC[C@@H]1CN(Cc2nccs2)Cc2ccnn2C1. The van der Waals surface area contributed by atoms with E-state index in [1.807, 2.05) is 17.8 Å². The Hall–Kier alpha value is -1.24. The van der Waals surface area contributed by atoms with Gasteiger partial charge in [-0.2, -0.15) is 5.10 Å². The van der Waals surface area contributed by atoms with Crippen molar-refractivity contribution in [2.24, 2.45) is 5.92 Å². The third-order valence-corrected chi connectivity index (χ3v) is 4.15. The van der Waals surface area contributed by atoms with Crippen LogP contribution in [0.3, 0.4) is 0 Å². The van der Waals surface area contributed by atoms with Crippen molar-refractivity contribution in [3.8, 4) is 0 Å². The largest absolute Gasteiger partial charge is 0.384 e. The molecule has 2 aromatic heterocycles. The van der Waals surface area contributed by atoms with Crippen LogP contribution in [0, 0.1) is 5.92 Å². The first-order valence-electron chi connectivity index (χ1n) is 6.45. The standard InChI is InChI=1S/C13H18N4OS/c1-18-10-11-6-16(9-13-14-4-5-19-13)8-12-2-3-15-17(12)7-11/h2-5,11H,6-10H2,1H3/t11-/m1/s1. The lowest BCUT2D eigenvalue weighted by molar-refractivity contribution is 0.114. The maximum atomic E-state index is 5.33. The van der Waals surface area contributed by atoms with Crippen LogP contribution in [0.5, 0.6) is 0 Å². The molecule has 0 bridgehead atoms. The molecular formula is C13H18N4OS. The molecule has 102 valence electrons. The van der Waals surface area contributed by atoms with E-state index in [1.165, 1.54) is 10.7 Å². The van der Waals surface area contributed by atoms with Crippen molar-refractivity contribution < 1.29 is 4.74 Å². The predicted octanol–water partition coefficient (Wildman–Crippen LogP) is 1.62. The van der Waals surface area contributed by atoms with Crippen LogP contribution in [-0.4, -0.2) is 39.9 Å². The Morgan fingerprint density at radius 1 is 1.42 bits per heavy atom. The van der Waals surface area contributed by atoms with Crippen molar-refractivity contribution in [1.29, 1.82) is 0 Å². The molecule has 1 aliphatic rings. The highest BCUT2D eigenvalue weighted by molar-refractivity contribution is 7.09. The second-order valence-corrected chi connectivity index (χ2v) is 5.90. The van der Waals surface area contributed by atoms with Crippen molar-refractivity contribution in [3.63, 3.8) is 0 Å². The highest BCUT2D eigenvalue weighted by Gasteiger charge is 2.22. The third kappa shape index (κ3) is 3.02. The van der Waals surface area contributed by atoms with E-state index in [0.29, 0.717) is 5.92 Å². The Morgan fingerprint density at radius 3 is 3.16 bits per heavy atom. The van der Waals surface area contributed by atoms with E-state index < -0.39 is 0 Å². The fraction of sp³-hybridized carbons (Fsp3) is 0.538. The summed E-state index contributed by atoms with van der Waals surface area (Å²) in [6.45, 7) is 4.57. The van der Waals surface area contributed by atoms with Gasteiger partial charge in [-0.15, -0.1) is 11.3 Å². The van der Waals surface area contributed by atoms with E-state index in [4.69, 9.17) is 4.74 Å². The molecular weight excluding hydrogens is 260 g/mol. The molecule has 0 fully saturated rings. The first kappa shape index (κ1) is 12.8. The van der Waals surface area contributed by atoms with Gasteiger partial charge in [-0.1, -0.05) is 0 Å². The molecule has 0 aromatic carbocycles. The number of aromatic nitrogens is 3. The van der Waals surface area contributed by atoms with E-state index in [0.717, 1.165) is 32.8 Å². The summed E-state index contributed by atoms with van der Waals surface area (Å²) in [6, 6.07) is 2.10. The lowest BCUT2D eigenvalue weighted by atomic mass is 10.1. The van der Waals surface area contributed by atoms with Crippen LogP contribution in [0.2, 0.25) is 0 Å².